The first kappa shape index (κ1) is 23.1. The molecule has 0 spiro atoms. The van der Waals surface area contributed by atoms with Gasteiger partial charge in [0.15, 0.2) is 11.6 Å². The molecule has 0 amide bonds. The molecule has 15 heteroatoms. The number of fused-ring (bicyclic) bond motifs is 3. The molecule has 2 atom stereocenters. The SMILES string of the molecule is C[C@H]1Cn2c(nnc2C(F)(F)c2ccc(C(F)(F)F)cn2)-c2cnc(C(C)(O)C(F)(F)F)n21. The minimum atomic E-state index is -5.06. The van der Waals surface area contributed by atoms with E-state index in [4.69, 9.17) is 0 Å². The van der Waals surface area contributed by atoms with Crippen molar-refractivity contribution in [3.05, 3.63) is 47.4 Å². The Morgan fingerprint density at radius 3 is 2.15 bits per heavy atom. The zero-order valence-corrected chi connectivity index (χ0v) is 16.7. The van der Waals surface area contributed by atoms with Gasteiger partial charge in [-0.15, -0.1) is 10.2 Å². The molecule has 3 aromatic heterocycles. The summed E-state index contributed by atoms with van der Waals surface area (Å²) in [6, 6.07) is 0.0805. The van der Waals surface area contributed by atoms with Gasteiger partial charge in [0.05, 0.1) is 17.8 Å². The maximum atomic E-state index is 15.1. The van der Waals surface area contributed by atoms with Crippen LogP contribution >= 0.6 is 0 Å². The van der Waals surface area contributed by atoms with Crippen LogP contribution in [0.1, 0.15) is 42.8 Å². The predicted molar refractivity (Wildman–Crippen MR) is 93.8 cm³/mol. The van der Waals surface area contributed by atoms with Crippen molar-refractivity contribution < 1.29 is 40.2 Å². The molecule has 0 saturated heterocycles. The third kappa shape index (κ3) is 3.45. The number of pyridine rings is 1. The summed E-state index contributed by atoms with van der Waals surface area (Å²) in [6.07, 6.45) is -8.62. The fourth-order valence-electron chi connectivity index (χ4n) is 3.56. The Morgan fingerprint density at radius 1 is 0.939 bits per heavy atom. The van der Waals surface area contributed by atoms with E-state index < -0.39 is 52.8 Å². The van der Waals surface area contributed by atoms with Crippen molar-refractivity contribution in [2.24, 2.45) is 0 Å². The van der Waals surface area contributed by atoms with Gasteiger partial charge in [0, 0.05) is 12.7 Å². The highest BCUT2D eigenvalue weighted by Gasteiger charge is 2.55. The highest BCUT2D eigenvalue weighted by Crippen LogP contribution is 2.43. The van der Waals surface area contributed by atoms with Crippen molar-refractivity contribution in [1.29, 1.82) is 0 Å². The average molecular weight is 482 g/mol. The number of nitrogens with zero attached hydrogens (tertiary/aromatic N) is 6. The van der Waals surface area contributed by atoms with Crippen molar-refractivity contribution in [3.63, 3.8) is 0 Å². The zero-order valence-electron chi connectivity index (χ0n) is 16.7. The summed E-state index contributed by atoms with van der Waals surface area (Å²) in [5.41, 5.74) is -5.65. The number of hydrogen-bond acceptors (Lipinski definition) is 5. The van der Waals surface area contributed by atoms with E-state index in [9.17, 15) is 31.4 Å². The van der Waals surface area contributed by atoms with E-state index in [1.807, 2.05) is 0 Å². The molecule has 7 nitrogen and oxygen atoms in total. The van der Waals surface area contributed by atoms with Gasteiger partial charge in [-0.3, -0.25) is 4.98 Å². The quantitative estimate of drug-likeness (QED) is 0.570. The van der Waals surface area contributed by atoms with Crippen molar-refractivity contribution in [2.45, 2.75) is 50.3 Å². The molecule has 1 N–H and O–H groups in total. The highest BCUT2D eigenvalue weighted by molar-refractivity contribution is 5.53. The Balaban J connectivity index is 1.78. The number of alkyl halides is 8. The number of hydrogen-bond donors (Lipinski definition) is 1. The molecule has 4 heterocycles. The lowest BCUT2D eigenvalue weighted by atomic mass is 10.0. The van der Waals surface area contributed by atoms with Crippen LogP contribution in [0.4, 0.5) is 35.1 Å². The molecule has 0 aromatic carbocycles. The molecule has 0 fully saturated rings. The molecular formula is C18H14F8N6O. The summed E-state index contributed by atoms with van der Waals surface area (Å²) in [5.74, 6) is -5.90. The molecule has 3 aromatic rings. The third-order valence-corrected chi connectivity index (χ3v) is 5.35. The fraction of sp³-hybridized carbons (Fsp3) is 0.444. The maximum absolute atomic E-state index is 15.1. The highest BCUT2D eigenvalue weighted by atomic mass is 19.4. The van der Waals surface area contributed by atoms with Gasteiger partial charge in [-0.25, -0.2) is 4.98 Å². The van der Waals surface area contributed by atoms with E-state index in [2.05, 4.69) is 20.2 Å². The molecule has 1 aliphatic rings. The van der Waals surface area contributed by atoms with Gasteiger partial charge in [0.25, 0.3) is 0 Å². The van der Waals surface area contributed by atoms with Crippen LogP contribution in [0.25, 0.3) is 11.5 Å². The van der Waals surface area contributed by atoms with E-state index in [0.717, 1.165) is 15.3 Å². The molecular weight excluding hydrogens is 468 g/mol. The van der Waals surface area contributed by atoms with Gasteiger partial charge < -0.3 is 14.2 Å². The average Bonchev–Trinajstić information content (AvgIpc) is 3.31. The molecule has 0 radical (unpaired) electrons. The number of imidazole rings is 1. The second-order valence-corrected chi connectivity index (χ2v) is 7.72. The third-order valence-electron chi connectivity index (χ3n) is 5.35. The Kier molecular flexibility index (Phi) is 4.86. The van der Waals surface area contributed by atoms with Gasteiger partial charge in [-0.2, -0.15) is 35.1 Å². The fourth-order valence-corrected chi connectivity index (χ4v) is 3.56. The normalized spacial score (nSPS) is 18.6. The minimum Gasteiger partial charge on any atom is -0.374 e. The summed E-state index contributed by atoms with van der Waals surface area (Å²) in [6.45, 7) is 1.62. The van der Waals surface area contributed by atoms with Crippen LogP contribution in [0, 0.1) is 0 Å². The predicted octanol–water partition coefficient (Wildman–Crippen LogP) is 4.04. The van der Waals surface area contributed by atoms with Crippen LogP contribution in [0.2, 0.25) is 0 Å². The Morgan fingerprint density at radius 2 is 1.61 bits per heavy atom. The molecule has 0 aliphatic carbocycles. The van der Waals surface area contributed by atoms with E-state index in [1.54, 1.807) is 0 Å². The van der Waals surface area contributed by atoms with E-state index in [0.29, 0.717) is 19.1 Å². The van der Waals surface area contributed by atoms with Crippen LogP contribution < -0.4 is 0 Å². The van der Waals surface area contributed by atoms with Crippen molar-refractivity contribution in [2.75, 3.05) is 0 Å². The van der Waals surface area contributed by atoms with E-state index in [-0.39, 0.29) is 24.3 Å². The largest absolute Gasteiger partial charge is 0.424 e. The molecule has 33 heavy (non-hydrogen) atoms. The van der Waals surface area contributed by atoms with E-state index in [1.165, 1.54) is 6.92 Å². The van der Waals surface area contributed by atoms with Crippen LogP contribution in [0.15, 0.2) is 24.5 Å². The number of rotatable bonds is 3. The summed E-state index contributed by atoms with van der Waals surface area (Å²) >= 11 is 0. The second-order valence-electron chi connectivity index (χ2n) is 7.72. The lowest BCUT2D eigenvalue weighted by molar-refractivity contribution is -0.262. The Bertz CT molecular complexity index is 1190. The molecule has 178 valence electrons. The van der Waals surface area contributed by atoms with Crippen molar-refractivity contribution in [1.82, 2.24) is 29.3 Å². The first-order chi connectivity index (χ1) is 15.1. The minimum absolute atomic E-state index is 0.0943. The number of aliphatic hydroxyl groups is 1. The zero-order chi connectivity index (χ0) is 24.6. The molecule has 1 unspecified atom stereocenters. The standard InChI is InChI=1S/C18H14F8N6O/c1-8-7-31-12(10-6-28-13(32(8)10)15(2,33)18(24,25)26)29-30-14(31)16(19,20)11-4-3-9(5-27-11)17(21,22)23/h3-6,8,33H,7H2,1-2H3/t8-,15?/m0/s1. The van der Waals surface area contributed by atoms with Gasteiger partial charge in [-0.1, -0.05) is 0 Å². The smallest absolute Gasteiger partial charge is 0.374 e. The lowest BCUT2D eigenvalue weighted by Crippen LogP contribution is -2.43. The van der Waals surface area contributed by atoms with Crippen molar-refractivity contribution in [3.8, 4) is 11.5 Å². The summed E-state index contributed by atoms with van der Waals surface area (Å²) in [5, 5.41) is 17.1. The van der Waals surface area contributed by atoms with Crippen LogP contribution in [-0.4, -0.2) is 40.6 Å². The second kappa shape index (κ2) is 6.95. The van der Waals surface area contributed by atoms with Gasteiger partial charge in [0.1, 0.15) is 11.4 Å². The van der Waals surface area contributed by atoms with Gasteiger partial charge in [-0.05, 0) is 26.0 Å². The van der Waals surface area contributed by atoms with Crippen LogP contribution in [0.3, 0.4) is 0 Å². The van der Waals surface area contributed by atoms with E-state index >= 15 is 8.78 Å². The lowest BCUT2D eigenvalue weighted by Gasteiger charge is -2.32. The van der Waals surface area contributed by atoms with Crippen molar-refractivity contribution >= 4 is 0 Å². The van der Waals surface area contributed by atoms with Crippen LogP contribution in [0.5, 0.6) is 0 Å². The number of aromatic nitrogens is 6. The molecule has 0 bridgehead atoms. The monoisotopic (exact) mass is 482 g/mol. The maximum Gasteiger partial charge on any atom is 0.424 e. The summed E-state index contributed by atoms with van der Waals surface area (Å²) < 4.78 is 110. The van der Waals surface area contributed by atoms with Gasteiger partial charge in [0.2, 0.25) is 11.4 Å². The first-order valence-corrected chi connectivity index (χ1v) is 9.29. The Hall–Kier alpha value is -3.10. The topological polar surface area (TPSA) is 81.7 Å². The Labute approximate surface area is 179 Å². The molecule has 1 aliphatic heterocycles. The summed E-state index contributed by atoms with van der Waals surface area (Å²) in [7, 11) is 0. The first-order valence-electron chi connectivity index (χ1n) is 9.29. The van der Waals surface area contributed by atoms with Crippen LogP contribution in [-0.2, 0) is 24.2 Å². The van der Waals surface area contributed by atoms with Gasteiger partial charge >= 0.3 is 18.3 Å². The molecule has 0 saturated carbocycles. The molecule has 4 rings (SSSR count). The number of halogens is 8. The summed E-state index contributed by atoms with van der Waals surface area (Å²) in [4.78, 5) is 6.87.